The van der Waals surface area contributed by atoms with Crippen LogP contribution in [0, 0.1) is 16.7 Å². The molecule has 3 aromatic carbocycles. The van der Waals surface area contributed by atoms with Gasteiger partial charge in [0, 0.05) is 25.2 Å². The summed E-state index contributed by atoms with van der Waals surface area (Å²) in [6.45, 7) is 11.7. The molecule has 3 aromatic rings. The van der Waals surface area contributed by atoms with E-state index in [0.29, 0.717) is 5.56 Å². The number of ether oxygens (including phenoxy) is 6. The number of fused-ring (bicyclic) bond motifs is 5. The third-order valence-corrected chi connectivity index (χ3v) is 13.8. The van der Waals surface area contributed by atoms with Gasteiger partial charge in [0.05, 0.1) is 35.2 Å². The van der Waals surface area contributed by atoms with Gasteiger partial charge in [0.25, 0.3) is 0 Å². The fourth-order valence-electron chi connectivity index (χ4n) is 10.4. The van der Waals surface area contributed by atoms with Crippen LogP contribution in [0.1, 0.15) is 101 Å². The van der Waals surface area contributed by atoms with E-state index in [0.717, 1.165) is 6.92 Å². The van der Waals surface area contributed by atoms with Crippen molar-refractivity contribution in [2.45, 2.75) is 128 Å². The molecule has 4 N–H and O–H groups in total. The summed E-state index contributed by atoms with van der Waals surface area (Å²) in [7, 11) is 0. The number of rotatable bonds is 10. The van der Waals surface area contributed by atoms with Crippen LogP contribution >= 0.6 is 0 Å². The molecule has 0 spiro atoms. The largest absolute Gasteiger partial charge is 0.455 e. The van der Waals surface area contributed by atoms with Crippen LogP contribution in [0.25, 0.3) is 0 Å². The van der Waals surface area contributed by atoms with Crippen LogP contribution in [0.15, 0.2) is 102 Å². The van der Waals surface area contributed by atoms with Crippen LogP contribution in [0.2, 0.25) is 0 Å². The van der Waals surface area contributed by atoms with E-state index in [-0.39, 0.29) is 35.3 Å². The number of ketones is 1. The number of amides is 1. The fraction of sp³-hybridized carbons (Fsp3) is 0.480. The number of carbonyl (C=O) groups excluding carboxylic acids is 6. The number of carbonyl (C=O) groups is 6. The molecule has 3 fully saturated rings. The summed E-state index contributed by atoms with van der Waals surface area (Å²) in [5, 5.41) is 40.8. The number of alkyl carbamates (subject to hydrolysis) is 1. The van der Waals surface area contributed by atoms with Gasteiger partial charge >= 0.3 is 30.0 Å². The van der Waals surface area contributed by atoms with Crippen LogP contribution < -0.4 is 5.32 Å². The van der Waals surface area contributed by atoms with E-state index in [9.17, 15) is 34.5 Å². The lowest BCUT2D eigenvalue weighted by Crippen LogP contribution is -2.81. The molecule has 11 atom stereocenters. The highest BCUT2D eigenvalue weighted by Gasteiger charge is 2.78. The molecule has 1 aliphatic heterocycles. The molecule has 2 saturated carbocycles. The standard InChI is InChI=1S/C50H57NO15/c1-27-32(62-44(58)38(63-42(56)30-20-14-10-15-21-30)36(29-18-12-9-13-19-29)51-45(59)66-46(3,4)5)25-50(60)41(64-43(57)31-22-16-11-17-23-31)39-48(8,40(55)37(54)35(27)47(50,6)7)33(53)24-34-49(39,26-61-34)65-28(2)52/h9-23,32-34,36-39,41,53-54,60H,24-26H2,1-8H3,(H,51,59)/t32-,33-,34+,36-,37+,38+,39?,41-,48+,49-,50+/m0/s1. The lowest BCUT2D eigenvalue weighted by atomic mass is 9.44. The maximum Gasteiger partial charge on any atom is 0.408 e. The average molecular weight is 912 g/mol. The Morgan fingerprint density at radius 3 is 1.92 bits per heavy atom. The van der Waals surface area contributed by atoms with E-state index in [1.54, 1.807) is 101 Å². The number of benzene rings is 3. The van der Waals surface area contributed by atoms with Crippen LogP contribution in [-0.4, -0.2) is 111 Å². The number of nitrogens with one attached hydrogen (secondary N) is 1. The van der Waals surface area contributed by atoms with Gasteiger partial charge in [-0.25, -0.2) is 19.2 Å². The smallest absolute Gasteiger partial charge is 0.408 e. The van der Waals surface area contributed by atoms with Crippen LogP contribution in [0.3, 0.4) is 0 Å². The van der Waals surface area contributed by atoms with Gasteiger partial charge < -0.3 is 49.1 Å². The van der Waals surface area contributed by atoms with Crippen molar-refractivity contribution in [3.8, 4) is 0 Å². The average Bonchev–Trinajstić information content (AvgIpc) is 3.26. The second-order valence-corrected chi connectivity index (χ2v) is 19.3. The van der Waals surface area contributed by atoms with Crippen molar-refractivity contribution >= 4 is 35.8 Å². The van der Waals surface area contributed by atoms with E-state index in [4.69, 9.17) is 28.4 Å². The van der Waals surface area contributed by atoms with Gasteiger partial charge in [-0.3, -0.25) is 9.59 Å². The van der Waals surface area contributed by atoms with Crippen LogP contribution in [-0.2, 0) is 42.8 Å². The van der Waals surface area contributed by atoms with Crippen molar-refractivity contribution < 1.29 is 72.5 Å². The summed E-state index contributed by atoms with van der Waals surface area (Å²) in [4.78, 5) is 84.8. The van der Waals surface area contributed by atoms with Gasteiger partial charge in [-0.15, -0.1) is 0 Å². The molecular weight excluding hydrogens is 855 g/mol. The molecular formula is C50H57NO15. The number of hydrogen-bond donors (Lipinski definition) is 4. The van der Waals surface area contributed by atoms with Gasteiger partial charge in [-0.2, -0.15) is 0 Å². The van der Waals surface area contributed by atoms with E-state index < -0.39 is 118 Å². The lowest BCUT2D eigenvalue weighted by Gasteiger charge is -2.67. The summed E-state index contributed by atoms with van der Waals surface area (Å²) in [5.74, 6) is -6.39. The zero-order valence-electron chi connectivity index (χ0n) is 38.1. The van der Waals surface area contributed by atoms with Crippen molar-refractivity contribution in [1.29, 1.82) is 0 Å². The Labute approximate surface area is 382 Å². The quantitative estimate of drug-likeness (QED) is 0.117. The van der Waals surface area contributed by atoms with E-state index >= 15 is 9.59 Å². The molecule has 16 nitrogen and oxygen atoms in total. The lowest BCUT2D eigenvalue weighted by molar-refractivity contribution is -0.346. The predicted octanol–water partition coefficient (Wildman–Crippen LogP) is 5.12. The Morgan fingerprint density at radius 2 is 1.39 bits per heavy atom. The monoisotopic (exact) mass is 911 g/mol. The molecule has 1 saturated heterocycles. The Hall–Kier alpha value is -5.94. The van der Waals surface area contributed by atoms with Gasteiger partial charge in [0.2, 0.25) is 6.10 Å². The highest BCUT2D eigenvalue weighted by atomic mass is 16.6. The maximum absolute atomic E-state index is 15.2. The Morgan fingerprint density at radius 1 is 0.833 bits per heavy atom. The fourth-order valence-corrected chi connectivity index (χ4v) is 10.4. The van der Waals surface area contributed by atoms with Crippen molar-refractivity contribution in [2.75, 3.05) is 6.61 Å². The molecule has 7 rings (SSSR count). The minimum absolute atomic E-state index is 0.0616. The van der Waals surface area contributed by atoms with E-state index in [2.05, 4.69) is 5.32 Å². The molecule has 1 unspecified atom stereocenters. The molecule has 352 valence electrons. The SMILES string of the molecule is CC(=O)O[C@@]12CO[C@@H]1C[C@H](O)[C@@]1(C)C(=O)[C@H](O)C3=C(C)[C@@H](OC(=O)[C@H](OC(=O)c4ccccc4)[C@@H](NC(=O)OC(C)(C)C)c4ccccc4)C[C@@](O)([C@@H](OC(=O)c4ccccc4)C12)C3(C)C. The normalized spacial score (nSPS) is 30.9. The van der Waals surface area contributed by atoms with E-state index in [1.165, 1.54) is 38.1 Å². The molecule has 2 bridgehead atoms. The van der Waals surface area contributed by atoms with Crippen molar-refractivity contribution in [1.82, 2.24) is 5.32 Å². The zero-order chi connectivity index (χ0) is 48.1. The molecule has 3 aliphatic carbocycles. The summed E-state index contributed by atoms with van der Waals surface area (Å²) in [6.07, 6.45) is -11.7. The molecule has 1 heterocycles. The molecule has 16 heteroatoms. The molecule has 0 radical (unpaired) electrons. The maximum atomic E-state index is 15.2. The van der Waals surface area contributed by atoms with Crippen LogP contribution in [0.4, 0.5) is 4.79 Å². The molecule has 1 amide bonds. The predicted molar refractivity (Wildman–Crippen MR) is 233 cm³/mol. The number of Topliss-reactive ketones (excluding diaryl/α,β-unsaturated/α-hetero) is 1. The highest BCUT2D eigenvalue weighted by Crippen LogP contribution is 2.64. The minimum Gasteiger partial charge on any atom is -0.455 e. The first-order chi connectivity index (χ1) is 31.0. The van der Waals surface area contributed by atoms with Crippen LogP contribution in [0.5, 0.6) is 0 Å². The molecule has 4 aliphatic rings. The summed E-state index contributed by atoms with van der Waals surface area (Å²) in [5.41, 5.74) is -8.43. The topological polar surface area (TPSA) is 231 Å². The number of esters is 4. The first kappa shape index (κ1) is 48.0. The van der Waals surface area contributed by atoms with Gasteiger partial charge in [0.15, 0.2) is 11.4 Å². The number of aliphatic hydroxyl groups is 3. The molecule has 0 aromatic heterocycles. The summed E-state index contributed by atoms with van der Waals surface area (Å²) in [6, 6.07) is 22.4. The Kier molecular flexibility index (Phi) is 12.9. The Balaban J connectivity index is 1.39. The Bertz CT molecular complexity index is 2400. The zero-order valence-corrected chi connectivity index (χ0v) is 38.1. The van der Waals surface area contributed by atoms with Crippen molar-refractivity contribution in [2.24, 2.45) is 16.7 Å². The first-order valence-electron chi connectivity index (χ1n) is 21.9. The van der Waals surface area contributed by atoms with E-state index in [1.807, 2.05) is 0 Å². The third kappa shape index (κ3) is 8.39. The summed E-state index contributed by atoms with van der Waals surface area (Å²) >= 11 is 0. The first-order valence-corrected chi connectivity index (χ1v) is 21.9. The highest BCUT2D eigenvalue weighted by molar-refractivity contribution is 5.94. The van der Waals surface area contributed by atoms with Gasteiger partial charge in [0.1, 0.15) is 41.7 Å². The minimum atomic E-state index is -2.42. The number of hydrogen-bond acceptors (Lipinski definition) is 15. The van der Waals surface area contributed by atoms with Crippen molar-refractivity contribution in [3.63, 3.8) is 0 Å². The second kappa shape index (κ2) is 17.7. The van der Waals surface area contributed by atoms with Crippen molar-refractivity contribution in [3.05, 3.63) is 119 Å². The molecule has 66 heavy (non-hydrogen) atoms. The van der Waals surface area contributed by atoms with Gasteiger partial charge in [-0.05, 0) is 75.6 Å². The summed E-state index contributed by atoms with van der Waals surface area (Å²) < 4.78 is 36.1. The van der Waals surface area contributed by atoms with Gasteiger partial charge in [-0.1, -0.05) is 80.6 Å². The second-order valence-electron chi connectivity index (χ2n) is 19.3. The third-order valence-electron chi connectivity index (χ3n) is 13.8. The number of aliphatic hydroxyl groups excluding tert-OH is 2.